The molecule has 0 atom stereocenters. The molecule has 2 rings (SSSR count). The minimum atomic E-state index is 0.307. The number of carbonyl (C=O) groups excluding carboxylic acids is 1. The van der Waals surface area contributed by atoms with E-state index >= 15 is 0 Å². The highest BCUT2D eigenvalue weighted by atomic mass is 32.1. The van der Waals surface area contributed by atoms with Gasteiger partial charge in [-0.05, 0) is 12.8 Å². The highest BCUT2D eigenvalue weighted by molar-refractivity contribution is 7.77. The number of carbonyl (C=O) groups is 1. The van der Waals surface area contributed by atoms with E-state index in [-0.39, 0.29) is 0 Å². The van der Waals surface area contributed by atoms with Crippen LogP contribution in [0.1, 0.15) is 26.2 Å². The molecule has 2 saturated heterocycles. The highest BCUT2D eigenvalue weighted by Gasteiger charge is 2.44. The van der Waals surface area contributed by atoms with Gasteiger partial charge in [0.1, 0.15) is 0 Å². The Labute approximate surface area is 91.0 Å². The first-order valence-corrected chi connectivity index (χ1v) is 5.77. The Hall–Kier alpha value is -0.220. The molecule has 2 aliphatic rings. The van der Waals surface area contributed by atoms with Crippen molar-refractivity contribution in [3.8, 4) is 0 Å². The predicted molar refractivity (Wildman–Crippen MR) is 59.1 cm³/mol. The zero-order chi connectivity index (χ0) is 10.2. The van der Waals surface area contributed by atoms with Gasteiger partial charge >= 0.3 is 0 Å². The SMILES string of the molecule is CCC(=O)N1CCC2(CC1)CN(S)C2. The van der Waals surface area contributed by atoms with E-state index in [4.69, 9.17) is 0 Å². The lowest BCUT2D eigenvalue weighted by molar-refractivity contribution is -0.134. The number of thiol groups is 1. The van der Waals surface area contributed by atoms with Crippen LogP contribution in [0.5, 0.6) is 0 Å². The Kier molecular flexibility index (Phi) is 2.75. The molecule has 0 saturated carbocycles. The lowest BCUT2D eigenvalue weighted by Gasteiger charge is -2.52. The number of hydrogen-bond acceptors (Lipinski definition) is 3. The fraction of sp³-hybridized carbons (Fsp3) is 0.900. The number of hydrogen-bond donors (Lipinski definition) is 1. The van der Waals surface area contributed by atoms with Crippen LogP contribution in [0.2, 0.25) is 0 Å². The predicted octanol–water partition coefficient (Wildman–Crippen LogP) is 1.17. The van der Waals surface area contributed by atoms with Crippen molar-refractivity contribution in [3.05, 3.63) is 0 Å². The lowest BCUT2D eigenvalue weighted by atomic mass is 9.73. The van der Waals surface area contributed by atoms with Gasteiger partial charge in [-0.15, -0.1) is 0 Å². The Balaban J connectivity index is 1.84. The number of rotatable bonds is 1. The van der Waals surface area contributed by atoms with Crippen molar-refractivity contribution in [2.75, 3.05) is 26.2 Å². The number of amides is 1. The molecular weight excluding hydrogens is 196 g/mol. The second-order valence-corrected chi connectivity index (χ2v) is 5.12. The fourth-order valence-corrected chi connectivity index (χ4v) is 3.10. The zero-order valence-corrected chi connectivity index (χ0v) is 9.59. The van der Waals surface area contributed by atoms with Crippen LogP contribution in [0.25, 0.3) is 0 Å². The molecule has 3 nitrogen and oxygen atoms in total. The summed E-state index contributed by atoms with van der Waals surface area (Å²) in [6.45, 7) is 6.04. The third-order valence-corrected chi connectivity index (χ3v) is 3.80. The summed E-state index contributed by atoms with van der Waals surface area (Å²) in [5, 5.41) is 0. The van der Waals surface area contributed by atoms with Crippen molar-refractivity contribution in [3.63, 3.8) is 0 Å². The third-order valence-electron chi connectivity index (χ3n) is 3.52. The maximum Gasteiger partial charge on any atom is 0.222 e. The van der Waals surface area contributed by atoms with Crippen molar-refractivity contribution in [1.82, 2.24) is 9.21 Å². The molecule has 0 aromatic rings. The molecule has 0 radical (unpaired) electrons. The lowest BCUT2D eigenvalue weighted by Crippen LogP contribution is -2.57. The van der Waals surface area contributed by atoms with E-state index in [9.17, 15) is 4.79 Å². The van der Waals surface area contributed by atoms with Gasteiger partial charge in [0.05, 0.1) is 0 Å². The molecule has 0 aromatic carbocycles. The molecule has 2 heterocycles. The van der Waals surface area contributed by atoms with E-state index in [0.29, 0.717) is 17.7 Å². The zero-order valence-electron chi connectivity index (χ0n) is 8.70. The van der Waals surface area contributed by atoms with E-state index in [1.165, 1.54) is 0 Å². The largest absolute Gasteiger partial charge is 0.343 e. The molecule has 2 fully saturated rings. The van der Waals surface area contributed by atoms with Gasteiger partial charge in [0, 0.05) is 38.0 Å². The van der Waals surface area contributed by atoms with Gasteiger partial charge in [-0.25, -0.2) is 0 Å². The van der Waals surface area contributed by atoms with Crippen molar-refractivity contribution < 1.29 is 4.79 Å². The Morgan fingerprint density at radius 1 is 1.36 bits per heavy atom. The average Bonchev–Trinajstić information content (AvgIpc) is 2.16. The van der Waals surface area contributed by atoms with Gasteiger partial charge in [-0.1, -0.05) is 19.7 Å². The molecule has 0 bridgehead atoms. The van der Waals surface area contributed by atoms with Gasteiger partial charge < -0.3 is 4.90 Å². The van der Waals surface area contributed by atoms with Crippen LogP contribution in [-0.2, 0) is 4.79 Å². The first-order chi connectivity index (χ1) is 6.65. The van der Waals surface area contributed by atoms with Crippen LogP contribution in [0.3, 0.4) is 0 Å². The van der Waals surface area contributed by atoms with Gasteiger partial charge in [-0.3, -0.25) is 9.10 Å². The molecule has 0 unspecified atom stereocenters. The summed E-state index contributed by atoms with van der Waals surface area (Å²) in [6, 6.07) is 0. The molecule has 14 heavy (non-hydrogen) atoms. The fourth-order valence-electron chi connectivity index (χ4n) is 2.50. The number of likely N-dealkylation sites (tertiary alicyclic amines) is 1. The normalized spacial score (nSPS) is 26.3. The summed E-state index contributed by atoms with van der Waals surface area (Å²) in [5.41, 5.74) is 0.492. The second-order valence-electron chi connectivity index (χ2n) is 4.56. The van der Waals surface area contributed by atoms with Crippen LogP contribution in [0.15, 0.2) is 0 Å². The van der Waals surface area contributed by atoms with E-state index in [2.05, 4.69) is 17.1 Å². The maximum atomic E-state index is 11.4. The summed E-state index contributed by atoms with van der Waals surface area (Å²) >= 11 is 4.30. The van der Waals surface area contributed by atoms with Gasteiger partial charge in [0.25, 0.3) is 0 Å². The van der Waals surface area contributed by atoms with Gasteiger partial charge in [0.2, 0.25) is 5.91 Å². The van der Waals surface area contributed by atoms with Crippen LogP contribution in [0, 0.1) is 5.41 Å². The Morgan fingerprint density at radius 3 is 2.36 bits per heavy atom. The van der Waals surface area contributed by atoms with Crippen molar-refractivity contribution in [2.45, 2.75) is 26.2 Å². The van der Waals surface area contributed by atoms with Crippen molar-refractivity contribution in [1.29, 1.82) is 0 Å². The van der Waals surface area contributed by atoms with Crippen LogP contribution < -0.4 is 0 Å². The Morgan fingerprint density at radius 2 is 1.93 bits per heavy atom. The highest BCUT2D eigenvalue weighted by Crippen LogP contribution is 2.41. The summed E-state index contributed by atoms with van der Waals surface area (Å²) < 4.78 is 2.07. The summed E-state index contributed by atoms with van der Waals surface area (Å²) in [6.07, 6.45) is 2.97. The molecule has 0 aliphatic carbocycles. The molecule has 2 aliphatic heterocycles. The Bertz CT molecular complexity index is 228. The maximum absolute atomic E-state index is 11.4. The molecule has 1 spiro atoms. The number of nitrogens with zero attached hydrogens (tertiary/aromatic N) is 2. The third kappa shape index (κ3) is 1.77. The summed E-state index contributed by atoms with van der Waals surface area (Å²) in [4.78, 5) is 13.5. The van der Waals surface area contributed by atoms with E-state index in [0.717, 1.165) is 39.0 Å². The number of piperidine rings is 1. The minimum Gasteiger partial charge on any atom is -0.343 e. The van der Waals surface area contributed by atoms with Crippen LogP contribution >= 0.6 is 12.8 Å². The van der Waals surface area contributed by atoms with E-state index < -0.39 is 0 Å². The molecule has 0 N–H and O–H groups in total. The standard InChI is InChI=1S/C10H18N2OS/c1-2-9(13)11-5-3-10(4-6-11)7-12(14)8-10/h14H,2-8H2,1H3. The summed E-state index contributed by atoms with van der Waals surface area (Å²) in [5.74, 6) is 0.307. The first kappa shape index (κ1) is 10.3. The van der Waals surface area contributed by atoms with E-state index in [1.54, 1.807) is 0 Å². The first-order valence-electron chi connectivity index (χ1n) is 5.37. The monoisotopic (exact) mass is 214 g/mol. The molecular formula is C10H18N2OS. The summed E-state index contributed by atoms with van der Waals surface area (Å²) in [7, 11) is 0. The second kappa shape index (κ2) is 3.74. The molecule has 4 heteroatoms. The molecule has 80 valence electrons. The van der Waals surface area contributed by atoms with Crippen molar-refractivity contribution in [2.24, 2.45) is 5.41 Å². The van der Waals surface area contributed by atoms with Gasteiger partial charge in [-0.2, -0.15) is 0 Å². The van der Waals surface area contributed by atoms with Crippen molar-refractivity contribution >= 4 is 18.7 Å². The molecule has 1 amide bonds. The van der Waals surface area contributed by atoms with Crippen LogP contribution in [-0.4, -0.2) is 41.3 Å². The van der Waals surface area contributed by atoms with Crippen LogP contribution in [0.4, 0.5) is 0 Å². The minimum absolute atomic E-state index is 0.307. The quantitative estimate of drug-likeness (QED) is 0.662. The smallest absolute Gasteiger partial charge is 0.222 e. The van der Waals surface area contributed by atoms with Gasteiger partial charge in [0.15, 0.2) is 0 Å². The van der Waals surface area contributed by atoms with E-state index in [1.807, 2.05) is 11.8 Å². The average molecular weight is 214 g/mol. The topological polar surface area (TPSA) is 23.6 Å². The molecule has 0 aromatic heterocycles.